The van der Waals surface area contributed by atoms with Crippen LogP contribution in [0, 0.1) is 0 Å². The average molecular weight is 186 g/mol. The standard InChI is InChI=1S/C12H14N2/c1-8-10-3-2-9-4-6-14-12(9)11(10)5-7-13-8/h2-4,6,8,13-14H,5,7H2,1H3. The van der Waals surface area contributed by atoms with Gasteiger partial charge < -0.3 is 10.3 Å². The molecule has 1 aromatic carbocycles. The van der Waals surface area contributed by atoms with E-state index in [0.29, 0.717) is 6.04 Å². The zero-order valence-corrected chi connectivity index (χ0v) is 8.30. The minimum atomic E-state index is 0.492. The van der Waals surface area contributed by atoms with Crippen LogP contribution in [0.15, 0.2) is 24.4 Å². The van der Waals surface area contributed by atoms with Crippen LogP contribution in [0.5, 0.6) is 0 Å². The quantitative estimate of drug-likeness (QED) is 0.649. The van der Waals surface area contributed by atoms with Gasteiger partial charge in [-0.3, -0.25) is 0 Å². The molecule has 2 nitrogen and oxygen atoms in total. The first kappa shape index (κ1) is 8.06. The van der Waals surface area contributed by atoms with Crippen molar-refractivity contribution in [2.45, 2.75) is 19.4 Å². The summed E-state index contributed by atoms with van der Waals surface area (Å²) in [7, 11) is 0. The van der Waals surface area contributed by atoms with E-state index >= 15 is 0 Å². The molecule has 0 saturated carbocycles. The van der Waals surface area contributed by atoms with E-state index in [0.717, 1.165) is 13.0 Å². The number of fused-ring (bicyclic) bond motifs is 3. The maximum absolute atomic E-state index is 3.48. The maximum Gasteiger partial charge on any atom is 0.0490 e. The highest BCUT2D eigenvalue weighted by atomic mass is 14.9. The number of hydrogen-bond donors (Lipinski definition) is 2. The Morgan fingerprint density at radius 3 is 3.14 bits per heavy atom. The van der Waals surface area contributed by atoms with E-state index in [1.54, 1.807) is 0 Å². The second kappa shape index (κ2) is 2.85. The Morgan fingerprint density at radius 1 is 1.29 bits per heavy atom. The van der Waals surface area contributed by atoms with Crippen molar-refractivity contribution in [3.8, 4) is 0 Å². The van der Waals surface area contributed by atoms with Crippen molar-refractivity contribution < 1.29 is 0 Å². The van der Waals surface area contributed by atoms with Crippen molar-refractivity contribution in [1.82, 2.24) is 10.3 Å². The Labute approximate surface area is 83.3 Å². The predicted molar refractivity (Wildman–Crippen MR) is 58.4 cm³/mol. The van der Waals surface area contributed by atoms with Crippen LogP contribution in [0.3, 0.4) is 0 Å². The van der Waals surface area contributed by atoms with E-state index in [1.165, 1.54) is 22.0 Å². The molecule has 2 heteroatoms. The molecule has 14 heavy (non-hydrogen) atoms. The molecule has 0 spiro atoms. The number of H-pyrrole nitrogens is 1. The molecule has 72 valence electrons. The van der Waals surface area contributed by atoms with Crippen LogP contribution in [0.4, 0.5) is 0 Å². The van der Waals surface area contributed by atoms with Gasteiger partial charge in [0, 0.05) is 17.8 Å². The van der Waals surface area contributed by atoms with Crippen molar-refractivity contribution in [2.75, 3.05) is 6.54 Å². The predicted octanol–water partition coefficient (Wildman–Crippen LogP) is 2.37. The number of aromatic nitrogens is 1. The van der Waals surface area contributed by atoms with Gasteiger partial charge in [0.1, 0.15) is 0 Å². The van der Waals surface area contributed by atoms with E-state index in [-0.39, 0.29) is 0 Å². The fourth-order valence-corrected chi connectivity index (χ4v) is 2.40. The Morgan fingerprint density at radius 2 is 2.21 bits per heavy atom. The first-order valence-electron chi connectivity index (χ1n) is 5.18. The molecule has 2 heterocycles. The zero-order valence-electron chi connectivity index (χ0n) is 8.30. The number of rotatable bonds is 0. The summed E-state index contributed by atoms with van der Waals surface area (Å²) in [6, 6.07) is 7.09. The minimum absolute atomic E-state index is 0.492. The summed E-state index contributed by atoms with van der Waals surface area (Å²) in [5, 5.41) is 4.81. The molecular formula is C12H14N2. The molecule has 1 aliphatic rings. The smallest absolute Gasteiger partial charge is 0.0490 e. The number of hydrogen-bond acceptors (Lipinski definition) is 1. The highest BCUT2D eigenvalue weighted by molar-refractivity contribution is 5.84. The van der Waals surface area contributed by atoms with Crippen LogP contribution >= 0.6 is 0 Å². The normalized spacial score (nSPS) is 21.1. The fraction of sp³-hybridized carbons (Fsp3) is 0.333. The van der Waals surface area contributed by atoms with Gasteiger partial charge in [-0.2, -0.15) is 0 Å². The number of benzene rings is 1. The Kier molecular flexibility index (Phi) is 1.64. The lowest BCUT2D eigenvalue weighted by atomic mass is 9.93. The largest absolute Gasteiger partial charge is 0.361 e. The van der Waals surface area contributed by atoms with Gasteiger partial charge in [-0.15, -0.1) is 0 Å². The summed E-state index contributed by atoms with van der Waals surface area (Å²) in [5.41, 5.74) is 4.28. The van der Waals surface area contributed by atoms with Crippen molar-refractivity contribution in [2.24, 2.45) is 0 Å². The van der Waals surface area contributed by atoms with Crippen molar-refractivity contribution >= 4 is 10.9 Å². The van der Waals surface area contributed by atoms with Crippen molar-refractivity contribution in [1.29, 1.82) is 0 Å². The molecule has 0 bridgehead atoms. The molecule has 0 aliphatic carbocycles. The van der Waals surface area contributed by atoms with Gasteiger partial charge in [0.2, 0.25) is 0 Å². The van der Waals surface area contributed by atoms with Crippen LogP contribution in [0.2, 0.25) is 0 Å². The van der Waals surface area contributed by atoms with Crippen LogP contribution in [-0.2, 0) is 6.42 Å². The third kappa shape index (κ3) is 1.01. The summed E-state index contributed by atoms with van der Waals surface area (Å²) < 4.78 is 0. The van der Waals surface area contributed by atoms with Crippen LogP contribution in [0.1, 0.15) is 24.1 Å². The second-order valence-corrected chi connectivity index (χ2v) is 4.00. The van der Waals surface area contributed by atoms with E-state index in [4.69, 9.17) is 0 Å². The summed E-state index contributed by atoms with van der Waals surface area (Å²) in [6.07, 6.45) is 3.16. The van der Waals surface area contributed by atoms with Gasteiger partial charge in [0.25, 0.3) is 0 Å². The Balaban J connectivity index is 2.32. The molecule has 0 radical (unpaired) electrons. The first-order chi connectivity index (χ1) is 6.86. The molecule has 2 aromatic rings. The molecule has 1 aliphatic heterocycles. The maximum atomic E-state index is 3.48. The van der Waals surface area contributed by atoms with Crippen molar-refractivity contribution in [3.63, 3.8) is 0 Å². The van der Waals surface area contributed by atoms with Gasteiger partial charge >= 0.3 is 0 Å². The summed E-state index contributed by atoms with van der Waals surface area (Å²) in [6.45, 7) is 3.32. The molecule has 3 rings (SSSR count). The number of aromatic amines is 1. The summed E-state index contributed by atoms with van der Waals surface area (Å²) >= 11 is 0. The molecule has 1 aromatic heterocycles. The van der Waals surface area contributed by atoms with E-state index in [1.807, 2.05) is 6.20 Å². The zero-order chi connectivity index (χ0) is 9.54. The van der Waals surface area contributed by atoms with E-state index in [9.17, 15) is 0 Å². The third-order valence-electron chi connectivity index (χ3n) is 3.16. The van der Waals surface area contributed by atoms with Crippen molar-refractivity contribution in [3.05, 3.63) is 35.5 Å². The number of nitrogens with one attached hydrogen (secondary N) is 2. The van der Waals surface area contributed by atoms with Gasteiger partial charge in [0.05, 0.1) is 0 Å². The highest BCUT2D eigenvalue weighted by Crippen LogP contribution is 2.28. The van der Waals surface area contributed by atoms with E-state index < -0.39 is 0 Å². The molecule has 2 N–H and O–H groups in total. The minimum Gasteiger partial charge on any atom is -0.361 e. The summed E-state index contributed by atoms with van der Waals surface area (Å²) in [5.74, 6) is 0. The van der Waals surface area contributed by atoms with Gasteiger partial charge in [-0.1, -0.05) is 12.1 Å². The molecule has 1 unspecified atom stereocenters. The van der Waals surface area contributed by atoms with E-state index in [2.05, 4.69) is 35.4 Å². The highest BCUT2D eigenvalue weighted by Gasteiger charge is 2.17. The average Bonchev–Trinajstić information content (AvgIpc) is 2.66. The fourth-order valence-electron chi connectivity index (χ4n) is 2.40. The van der Waals surface area contributed by atoms with Crippen LogP contribution < -0.4 is 5.32 Å². The Bertz CT molecular complexity index is 470. The molecular weight excluding hydrogens is 172 g/mol. The van der Waals surface area contributed by atoms with Crippen LogP contribution in [0.25, 0.3) is 10.9 Å². The second-order valence-electron chi connectivity index (χ2n) is 4.00. The SMILES string of the molecule is CC1NCCc2c1ccc1cc[nH]c21. The first-order valence-corrected chi connectivity index (χ1v) is 5.18. The lowest BCUT2D eigenvalue weighted by molar-refractivity contribution is 0.543. The molecule has 1 atom stereocenters. The Hall–Kier alpha value is -1.28. The van der Waals surface area contributed by atoms with Gasteiger partial charge in [-0.05, 0) is 42.5 Å². The molecule has 0 amide bonds. The van der Waals surface area contributed by atoms with Gasteiger partial charge in [-0.25, -0.2) is 0 Å². The molecule has 0 fully saturated rings. The van der Waals surface area contributed by atoms with Crippen LogP contribution in [-0.4, -0.2) is 11.5 Å². The lowest BCUT2D eigenvalue weighted by Gasteiger charge is -2.24. The monoisotopic (exact) mass is 186 g/mol. The lowest BCUT2D eigenvalue weighted by Crippen LogP contribution is -2.27. The summed E-state index contributed by atoms with van der Waals surface area (Å²) in [4.78, 5) is 3.34. The van der Waals surface area contributed by atoms with Gasteiger partial charge in [0.15, 0.2) is 0 Å². The topological polar surface area (TPSA) is 27.8 Å². The third-order valence-corrected chi connectivity index (χ3v) is 3.16. The molecule has 0 saturated heterocycles.